The Kier molecular flexibility index (Phi) is 2.91. The van der Waals surface area contributed by atoms with Crippen LogP contribution in [-0.4, -0.2) is 22.8 Å². The van der Waals surface area contributed by atoms with Crippen molar-refractivity contribution < 1.29 is 9.42 Å². The number of hydrogen-bond acceptors (Lipinski definition) is 5. The molecule has 0 radical (unpaired) electrons. The van der Waals surface area contributed by atoms with Gasteiger partial charge in [0, 0.05) is 17.8 Å². The second-order valence-electron chi connectivity index (χ2n) is 4.49. The summed E-state index contributed by atoms with van der Waals surface area (Å²) >= 11 is 0. The highest BCUT2D eigenvalue weighted by Gasteiger charge is 2.19. The van der Waals surface area contributed by atoms with Crippen LogP contribution in [0.4, 0.5) is 5.69 Å². The predicted octanol–water partition coefficient (Wildman–Crippen LogP) is 1.28. The quantitative estimate of drug-likeness (QED) is 0.866. The van der Waals surface area contributed by atoms with Crippen LogP contribution in [0.5, 0.6) is 0 Å². The van der Waals surface area contributed by atoms with Crippen LogP contribution in [0, 0.1) is 6.92 Å². The number of aromatic nitrogens is 2. The standard InChI is InChI=1S/C13H14N4O2/c1-8-12(17-19-16-8)7-15-11-4-2-3-10-9(11)5-6-14-13(10)18/h2-4,15H,5-7H2,1H3,(H,14,18). The van der Waals surface area contributed by atoms with Crippen LogP contribution in [0.25, 0.3) is 0 Å². The molecule has 1 aromatic carbocycles. The molecule has 0 aliphatic carbocycles. The average molecular weight is 258 g/mol. The fraction of sp³-hybridized carbons (Fsp3) is 0.308. The van der Waals surface area contributed by atoms with Gasteiger partial charge in [0.2, 0.25) is 0 Å². The molecule has 2 N–H and O–H groups in total. The lowest BCUT2D eigenvalue weighted by atomic mass is 9.98. The first-order valence-electron chi connectivity index (χ1n) is 6.17. The largest absolute Gasteiger partial charge is 0.379 e. The maximum Gasteiger partial charge on any atom is 0.251 e. The molecule has 6 heteroatoms. The molecule has 1 amide bonds. The minimum atomic E-state index is -0.0100. The predicted molar refractivity (Wildman–Crippen MR) is 68.8 cm³/mol. The fourth-order valence-electron chi connectivity index (χ4n) is 2.22. The molecule has 0 bridgehead atoms. The van der Waals surface area contributed by atoms with E-state index < -0.39 is 0 Å². The van der Waals surface area contributed by atoms with E-state index >= 15 is 0 Å². The van der Waals surface area contributed by atoms with Gasteiger partial charge in [0.05, 0.1) is 6.54 Å². The molecule has 1 aliphatic rings. The van der Waals surface area contributed by atoms with Crippen molar-refractivity contribution in [1.29, 1.82) is 0 Å². The van der Waals surface area contributed by atoms with Crippen LogP contribution in [0.3, 0.4) is 0 Å². The van der Waals surface area contributed by atoms with Gasteiger partial charge in [0.25, 0.3) is 5.91 Å². The van der Waals surface area contributed by atoms with Gasteiger partial charge in [0.15, 0.2) is 0 Å². The van der Waals surface area contributed by atoms with Gasteiger partial charge in [-0.3, -0.25) is 4.79 Å². The van der Waals surface area contributed by atoms with Gasteiger partial charge < -0.3 is 10.6 Å². The number of carbonyl (C=O) groups excluding carboxylic acids is 1. The molecule has 0 atom stereocenters. The monoisotopic (exact) mass is 258 g/mol. The summed E-state index contributed by atoms with van der Waals surface area (Å²) in [6.07, 6.45) is 0.834. The Morgan fingerprint density at radius 2 is 2.32 bits per heavy atom. The third kappa shape index (κ3) is 2.16. The number of carbonyl (C=O) groups is 1. The maximum absolute atomic E-state index is 11.7. The van der Waals surface area contributed by atoms with Crippen molar-refractivity contribution in [2.75, 3.05) is 11.9 Å². The van der Waals surface area contributed by atoms with Crippen LogP contribution < -0.4 is 10.6 Å². The summed E-state index contributed by atoms with van der Waals surface area (Å²) in [7, 11) is 0. The lowest BCUT2D eigenvalue weighted by Gasteiger charge is -2.20. The van der Waals surface area contributed by atoms with E-state index in [4.69, 9.17) is 0 Å². The van der Waals surface area contributed by atoms with E-state index in [1.54, 1.807) is 0 Å². The van der Waals surface area contributed by atoms with E-state index in [9.17, 15) is 4.79 Å². The number of anilines is 1. The number of rotatable bonds is 3. The molecule has 2 heterocycles. The second-order valence-corrected chi connectivity index (χ2v) is 4.49. The number of aryl methyl sites for hydroxylation is 1. The van der Waals surface area contributed by atoms with Crippen molar-refractivity contribution in [3.05, 3.63) is 40.7 Å². The zero-order valence-electron chi connectivity index (χ0n) is 10.6. The lowest BCUT2D eigenvalue weighted by molar-refractivity contribution is 0.0946. The Morgan fingerprint density at radius 3 is 3.11 bits per heavy atom. The minimum absolute atomic E-state index is 0.0100. The van der Waals surface area contributed by atoms with E-state index in [-0.39, 0.29) is 5.91 Å². The smallest absolute Gasteiger partial charge is 0.251 e. The molecule has 3 rings (SSSR count). The van der Waals surface area contributed by atoms with E-state index in [0.29, 0.717) is 13.1 Å². The van der Waals surface area contributed by atoms with Gasteiger partial charge in [-0.15, -0.1) is 0 Å². The van der Waals surface area contributed by atoms with Gasteiger partial charge in [-0.1, -0.05) is 16.4 Å². The highest BCUT2D eigenvalue weighted by molar-refractivity contribution is 5.98. The van der Waals surface area contributed by atoms with Crippen LogP contribution in [0.2, 0.25) is 0 Å². The summed E-state index contributed by atoms with van der Waals surface area (Å²) < 4.78 is 4.66. The summed E-state index contributed by atoms with van der Waals surface area (Å²) in [4.78, 5) is 11.7. The summed E-state index contributed by atoms with van der Waals surface area (Å²) in [6, 6.07) is 5.69. The minimum Gasteiger partial charge on any atom is -0.379 e. The van der Waals surface area contributed by atoms with Crippen LogP contribution in [-0.2, 0) is 13.0 Å². The third-order valence-electron chi connectivity index (χ3n) is 3.27. The number of hydrogen-bond donors (Lipinski definition) is 2. The highest BCUT2D eigenvalue weighted by atomic mass is 16.6. The molecule has 19 heavy (non-hydrogen) atoms. The lowest BCUT2D eigenvalue weighted by Crippen LogP contribution is -2.32. The Labute approximate surface area is 110 Å². The van der Waals surface area contributed by atoms with Gasteiger partial charge in [-0.2, -0.15) is 0 Å². The van der Waals surface area contributed by atoms with Gasteiger partial charge >= 0.3 is 0 Å². The van der Waals surface area contributed by atoms with E-state index in [2.05, 4.69) is 25.6 Å². The number of benzene rings is 1. The van der Waals surface area contributed by atoms with Crippen LogP contribution in [0.1, 0.15) is 27.3 Å². The van der Waals surface area contributed by atoms with Crippen LogP contribution >= 0.6 is 0 Å². The van der Waals surface area contributed by atoms with Gasteiger partial charge in [-0.05, 0) is 31.0 Å². The third-order valence-corrected chi connectivity index (χ3v) is 3.27. The zero-order valence-corrected chi connectivity index (χ0v) is 10.6. The van der Waals surface area contributed by atoms with Crippen molar-refractivity contribution in [3.63, 3.8) is 0 Å². The number of fused-ring (bicyclic) bond motifs is 1. The molecule has 0 unspecified atom stereocenters. The first kappa shape index (κ1) is 11.7. The van der Waals surface area contributed by atoms with Gasteiger partial charge in [0.1, 0.15) is 11.4 Å². The number of amides is 1. The molecule has 98 valence electrons. The van der Waals surface area contributed by atoms with Crippen LogP contribution in [0.15, 0.2) is 22.8 Å². The summed E-state index contributed by atoms with van der Waals surface area (Å²) in [5.74, 6) is -0.0100. The average Bonchev–Trinajstić information content (AvgIpc) is 2.82. The molecule has 0 spiro atoms. The maximum atomic E-state index is 11.7. The summed E-state index contributed by atoms with van der Waals surface area (Å²) in [5, 5.41) is 13.7. The van der Waals surface area contributed by atoms with E-state index in [0.717, 1.165) is 34.6 Å². The number of nitrogens with zero attached hydrogens (tertiary/aromatic N) is 2. The van der Waals surface area contributed by atoms with Crippen molar-refractivity contribution in [2.24, 2.45) is 0 Å². The topological polar surface area (TPSA) is 80.1 Å². The van der Waals surface area contributed by atoms with E-state index in [1.807, 2.05) is 25.1 Å². The molecule has 0 saturated heterocycles. The Morgan fingerprint density at radius 1 is 1.42 bits per heavy atom. The molecule has 0 saturated carbocycles. The van der Waals surface area contributed by atoms with Crippen molar-refractivity contribution in [1.82, 2.24) is 15.6 Å². The van der Waals surface area contributed by atoms with E-state index in [1.165, 1.54) is 0 Å². The first-order valence-corrected chi connectivity index (χ1v) is 6.17. The fourth-order valence-corrected chi connectivity index (χ4v) is 2.22. The second kappa shape index (κ2) is 4.72. The molecule has 6 nitrogen and oxygen atoms in total. The van der Waals surface area contributed by atoms with Gasteiger partial charge in [-0.25, -0.2) is 4.63 Å². The molecule has 2 aromatic rings. The Bertz CT molecular complexity index is 621. The van der Waals surface area contributed by atoms with Crippen molar-refractivity contribution >= 4 is 11.6 Å². The Balaban J connectivity index is 1.84. The van der Waals surface area contributed by atoms with Crippen molar-refractivity contribution in [2.45, 2.75) is 19.9 Å². The molecule has 1 aliphatic heterocycles. The first-order chi connectivity index (χ1) is 9.25. The summed E-state index contributed by atoms with van der Waals surface area (Å²) in [5.41, 5.74) is 4.31. The normalized spacial score (nSPS) is 13.8. The highest BCUT2D eigenvalue weighted by Crippen LogP contribution is 2.23. The SMILES string of the molecule is Cc1nonc1CNc1cccc2c1CCNC2=O. The molecule has 0 fully saturated rings. The molecular formula is C13H14N4O2. The Hall–Kier alpha value is -2.37. The molecule has 1 aromatic heterocycles. The number of nitrogens with one attached hydrogen (secondary N) is 2. The van der Waals surface area contributed by atoms with Crippen molar-refractivity contribution in [3.8, 4) is 0 Å². The molecular weight excluding hydrogens is 244 g/mol. The summed E-state index contributed by atoms with van der Waals surface area (Å²) in [6.45, 7) is 3.06. The zero-order chi connectivity index (χ0) is 13.2.